The highest BCUT2D eigenvalue weighted by Gasteiger charge is 2.45. The van der Waals surface area contributed by atoms with E-state index in [1.165, 1.54) is 44.5 Å². The van der Waals surface area contributed by atoms with Crippen molar-refractivity contribution in [3.63, 3.8) is 0 Å². The zero-order chi connectivity index (χ0) is 80.0. The van der Waals surface area contributed by atoms with Crippen molar-refractivity contribution < 1.29 is 11.0 Å². The monoisotopic (exact) mass is 1350 g/mol. The summed E-state index contributed by atoms with van der Waals surface area (Å²) >= 11 is 0. The van der Waals surface area contributed by atoms with E-state index in [4.69, 9.17) is 0 Å². The Morgan fingerprint density at radius 1 is 0.255 bits per heavy atom. The smallest absolute Gasteiger partial charge is 0.252 e. The average molecular weight is 1350 g/mol. The molecular weight excluding hydrogens is 1230 g/mol. The fraction of sp³-hybridized carbons (Fsp3) is 0.327. The number of hydrogen-bond acceptors (Lipinski definition) is 2. The lowest BCUT2D eigenvalue weighted by molar-refractivity contribution is 0.568. The Morgan fingerprint density at radius 3 is 1.00 bits per heavy atom. The Morgan fingerprint density at radius 2 is 0.598 bits per heavy atom. The molecule has 4 heteroatoms. The van der Waals surface area contributed by atoms with Gasteiger partial charge in [-0.25, -0.2) is 0 Å². The molecule has 12 aromatic rings. The van der Waals surface area contributed by atoms with Crippen molar-refractivity contribution in [1.82, 2.24) is 4.57 Å². The van der Waals surface area contributed by atoms with E-state index < -0.39 is 30.9 Å². The molecule has 3 nitrogen and oxygen atoms in total. The third-order valence-corrected chi connectivity index (χ3v) is 21.6. The molecule has 2 aliphatic rings. The Bertz CT molecular complexity index is 5590. The summed E-state index contributed by atoms with van der Waals surface area (Å²) < 4.78 is 78.4. The second-order valence-electron chi connectivity index (χ2n) is 37.6. The summed E-state index contributed by atoms with van der Waals surface area (Å²) in [4.78, 5) is 4.77. The summed E-state index contributed by atoms with van der Waals surface area (Å²) in [6.07, 6.45) is 0. The van der Waals surface area contributed by atoms with E-state index in [0.29, 0.717) is 5.69 Å². The fourth-order valence-corrected chi connectivity index (χ4v) is 15.0. The van der Waals surface area contributed by atoms with Crippen molar-refractivity contribution in [2.24, 2.45) is 0 Å². The van der Waals surface area contributed by atoms with Crippen LogP contribution in [-0.4, -0.2) is 11.3 Å². The number of benzene rings is 11. The Labute approximate surface area is 623 Å². The van der Waals surface area contributed by atoms with Gasteiger partial charge in [-0.1, -0.05) is 324 Å². The molecule has 0 saturated heterocycles. The summed E-state index contributed by atoms with van der Waals surface area (Å²) in [7, 11) is 0. The van der Waals surface area contributed by atoms with Gasteiger partial charge >= 0.3 is 0 Å². The lowest BCUT2D eigenvalue weighted by Crippen LogP contribution is -2.61. The van der Waals surface area contributed by atoms with E-state index in [2.05, 4.69) is 346 Å². The molecule has 0 N–H and O–H groups in total. The van der Waals surface area contributed by atoms with Crippen LogP contribution in [0.2, 0.25) is 0 Å². The van der Waals surface area contributed by atoms with Gasteiger partial charge in [0.15, 0.2) is 0 Å². The normalized spacial score (nSPS) is 14.9. The molecule has 0 amide bonds. The van der Waals surface area contributed by atoms with Crippen LogP contribution < -0.4 is 26.2 Å². The predicted molar refractivity (Wildman–Crippen MR) is 446 cm³/mol. The molecule has 11 aromatic carbocycles. The van der Waals surface area contributed by atoms with Gasteiger partial charge in [-0.2, -0.15) is 0 Å². The van der Waals surface area contributed by atoms with Gasteiger partial charge in [0.2, 0.25) is 0 Å². The largest absolute Gasteiger partial charge is 0.311 e. The SMILES string of the molecule is [2H]c1c([2H])c([2H])c2c(c1[2H])c1c([2H])c([2H])c([2H])c([2H])c1n2-c1cc2c3c(c1)N(c1cccc(-c4cc(C(C)(C)C)cc(C(C)(C)C)c4)c1)c1cc(-c4cc(C(C)(C)C)cc(C(C)(C)C)c4)ccc1B3c1cc(-c3cc(C(C)(C)C)cc(C(C)(C)C)c3)ccc1N2c1ccc(-c2cc(C(C)(C)C)cc(C(C)(C)C)c2)cc1. The van der Waals surface area contributed by atoms with E-state index in [0.717, 1.165) is 95.0 Å². The number of aromatic nitrogens is 1. The molecule has 0 aliphatic carbocycles. The van der Waals surface area contributed by atoms with Crippen LogP contribution >= 0.6 is 0 Å². The first-order valence-electron chi connectivity index (χ1n) is 40.8. The first kappa shape index (κ1) is 60.5. The minimum Gasteiger partial charge on any atom is -0.311 e. The van der Waals surface area contributed by atoms with E-state index in [1.807, 2.05) is 0 Å². The third kappa shape index (κ3) is 12.9. The molecule has 0 bridgehead atoms. The van der Waals surface area contributed by atoms with Crippen LogP contribution in [0.15, 0.2) is 218 Å². The fourth-order valence-electron chi connectivity index (χ4n) is 15.0. The topological polar surface area (TPSA) is 11.4 Å². The third-order valence-electron chi connectivity index (χ3n) is 21.6. The van der Waals surface area contributed by atoms with Gasteiger partial charge in [-0.15, -0.1) is 0 Å². The molecule has 0 spiro atoms. The van der Waals surface area contributed by atoms with Crippen molar-refractivity contribution in [2.45, 2.75) is 209 Å². The zero-order valence-electron chi connectivity index (χ0n) is 73.1. The van der Waals surface area contributed by atoms with Gasteiger partial charge < -0.3 is 14.4 Å². The molecular formula is C98H108BN3. The summed E-state index contributed by atoms with van der Waals surface area (Å²) in [5, 5.41) is 0.0308. The van der Waals surface area contributed by atoms with Gasteiger partial charge in [-0.05, 0) is 209 Å². The van der Waals surface area contributed by atoms with Crippen molar-refractivity contribution in [3.05, 3.63) is 263 Å². The second-order valence-corrected chi connectivity index (χ2v) is 37.6. The number of hydrogen-bond donors (Lipinski definition) is 0. The number of para-hydroxylation sites is 2. The number of fused-ring (bicyclic) bond motifs is 7. The van der Waals surface area contributed by atoms with Gasteiger partial charge in [0.1, 0.15) is 0 Å². The number of rotatable bonds is 7. The highest BCUT2D eigenvalue weighted by molar-refractivity contribution is 7.00. The summed E-state index contributed by atoms with van der Waals surface area (Å²) in [6.45, 7) is 54.3. The van der Waals surface area contributed by atoms with Crippen LogP contribution in [0, 0.1) is 0 Å². The average Bonchev–Trinajstić information content (AvgIpc) is 0.808. The van der Waals surface area contributed by atoms with Crippen molar-refractivity contribution in [2.75, 3.05) is 9.80 Å². The molecule has 0 atom stereocenters. The quantitative estimate of drug-likeness (QED) is 0.147. The summed E-state index contributed by atoms with van der Waals surface area (Å²) in [5.74, 6) is 0. The van der Waals surface area contributed by atoms with E-state index in [-0.39, 0.29) is 89.3 Å². The van der Waals surface area contributed by atoms with Crippen LogP contribution in [-0.2, 0) is 43.3 Å². The molecule has 0 radical (unpaired) electrons. The first-order valence-corrected chi connectivity index (χ1v) is 36.8. The number of anilines is 6. The molecule has 3 heterocycles. The van der Waals surface area contributed by atoms with Crippen LogP contribution in [0.5, 0.6) is 0 Å². The molecule has 0 saturated carbocycles. The molecule has 1 aromatic heterocycles. The highest BCUT2D eigenvalue weighted by Crippen LogP contribution is 2.50. The molecule has 0 fully saturated rings. The van der Waals surface area contributed by atoms with E-state index >= 15 is 0 Å². The summed E-state index contributed by atoms with van der Waals surface area (Å²) in [5.41, 5.74) is 26.2. The first-order chi connectivity index (χ1) is 50.9. The van der Waals surface area contributed by atoms with E-state index in [9.17, 15) is 11.0 Å². The minimum absolute atomic E-state index is 0.0154. The van der Waals surface area contributed by atoms with Gasteiger partial charge in [-0.3, -0.25) is 0 Å². The molecule has 0 unspecified atom stereocenters. The maximum Gasteiger partial charge on any atom is 0.252 e. The Hall–Kier alpha value is -9.12. The number of nitrogens with zero attached hydrogens (tertiary/aromatic N) is 3. The standard InChI is InChI=1S/C98H108BN3/c1-91(2,3)69-44-65(45-70(55-69)92(4,5)6)61-36-40-77(41-37-61)100-86-43-39-63(67-48-73(95(13,14)15)57-74(49-67)96(16,17)18)53-83(86)99-82-42-38-64(68-50-75(97(19,20)21)58-76(51-68)98(22,23)24)54-87(82)101(78-31-29-30-62(52-78)66-46-71(93(7,8)9)56-72(47-66)94(10,11)12)89-60-79(59-88(100)90(89)99)102-84-34-27-25-32-80(84)81-33-26-28-35-85(81)102/h25-60H,1-24H3/i25D,26D,27D,28D,32D,33D,34D,35D. The van der Waals surface area contributed by atoms with Gasteiger partial charge in [0.05, 0.1) is 27.7 Å². The maximum atomic E-state index is 10.0. The minimum atomic E-state index is -0.494. The Kier molecular flexibility index (Phi) is 14.4. The van der Waals surface area contributed by atoms with Gasteiger partial charge in [0, 0.05) is 44.9 Å². The van der Waals surface area contributed by atoms with Crippen LogP contribution in [0.3, 0.4) is 0 Å². The molecule has 14 rings (SSSR count). The lowest BCUT2D eigenvalue weighted by atomic mass is 9.33. The summed E-state index contributed by atoms with van der Waals surface area (Å²) in [6, 6.07) is 61.0. The highest BCUT2D eigenvalue weighted by atomic mass is 15.2. The second kappa shape index (κ2) is 24.3. The maximum absolute atomic E-state index is 10.0. The van der Waals surface area contributed by atoms with Gasteiger partial charge in [0.25, 0.3) is 6.71 Å². The Balaban J connectivity index is 1.17. The predicted octanol–water partition coefficient (Wildman–Crippen LogP) is 25.9. The molecule has 518 valence electrons. The van der Waals surface area contributed by atoms with Crippen molar-refractivity contribution in [1.29, 1.82) is 0 Å². The zero-order valence-corrected chi connectivity index (χ0v) is 65.1. The van der Waals surface area contributed by atoms with Crippen LogP contribution in [0.25, 0.3) is 72.0 Å². The van der Waals surface area contributed by atoms with Crippen molar-refractivity contribution in [3.8, 4) is 50.2 Å². The molecule has 102 heavy (non-hydrogen) atoms. The van der Waals surface area contributed by atoms with Crippen LogP contribution in [0.1, 0.15) is 222 Å². The lowest BCUT2D eigenvalue weighted by Gasteiger charge is -2.45. The van der Waals surface area contributed by atoms with E-state index in [1.54, 1.807) is 4.57 Å². The van der Waals surface area contributed by atoms with Crippen LogP contribution in [0.4, 0.5) is 34.1 Å². The van der Waals surface area contributed by atoms with Crippen molar-refractivity contribution >= 4 is 79.0 Å². The molecule has 2 aliphatic heterocycles.